The molecule has 1 aliphatic rings. The van der Waals surface area contributed by atoms with Crippen LogP contribution in [0, 0.1) is 6.92 Å². The molecule has 0 bridgehead atoms. The predicted octanol–water partition coefficient (Wildman–Crippen LogP) is 4.45. The molecule has 0 N–H and O–H groups in total. The zero-order chi connectivity index (χ0) is 13.1. The van der Waals surface area contributed by atoms with Gasteiger partial charge in [-0.3, -0.25) is 4.99 Å². The first kappa shape index (κ1) is 13.2. The van der Waals surface area contributed by atoms with E-state index in [1.54, 1.807) is 23.1 Å². The summed E-state index contributed by atoms with van der Waals surface area (Å²) < 4.78 is 1.21. The fourth-order valence-electron chi connectivity index (χ4n) is 1.82. The number of aliphatic imine (C=N–C) groups is 1. The van der Waals surface area contributed by atoms with Crippen molar-refractivity contribution < 1.29 is 0 Å². The Labute approximate surface area is 125 Å². The Balaban J connectivity index is 1.69. The Morgan fingerprint density at radius 2 is 2.32 bits per heavy atom. The lowest BCUT2D eigenvalue weighted by Crippen LogP contribution is -1.85. The van der Waals surface area contributed by atoms with Crippen LogP contribution in [-0.4, -0.2) is 21.7 Å². The Morgan fingerprint density at radius 3 is 3.11 bits per heavy atom. The number of aromatic nitrogens is 1. The van der Waals surface area contributed by atoms with Gasteiger partial charge in [-0.05, 0) is 13.0 Å². The van der Waals surface area contributed by atoms with Crippen molar-refractivity contribution in [1.82, 2.24) is 4.98 Å². The second-order valence-corrected chi connectivity index (χ2v) is 7.46. The van der Waals surface area contributed by atoms with Crippen molar-refractivity contribution in [3.05, 3.63) is 40.9 Å². The fraction of sp³-hybridized carbons (Fsp3) is 0.286. The van der Waals surface area contributed by atoms with Crippen LogP contribution in [0.4, 0.5) is 0 Å². The second-order valence-electron chi connectivity index (χ2n) is 4.30. The highest BCUT2D eigenvalue weighted by atomic mass is 32.2. The summed E-state index contributed by atoms with van der Waals surface area (Å²) in [7, 11) is 0. The van der Waals surface area contributed by atoms with Crippen molar-refractivity contribution in [3.8, 4) is 10.6 Å². The minimum atomic E-state index is 0.925. The summed E-state index contributed by atoms with van der Waals surface area (Å²) in [6.07, 6.45) is 0. The number of nitrogens with zero attached hydrogens (tertiary/aromatic N) is 2. The van der Waals surface area contributed by atoms with Crippen LogP contribution in [0.5, 0.6) is 0 Å². The maximum Gasteiger partial charge on any atom is 0.125 e. The predicted molar refractivity (Wildman–Crippen MR) is 88.3 cm³/mol. The second kappa shape index (κ2) is 6.11. The monoisotopic (exact) mass is 306 g/mol. The Bertz CT molecular complexity index is 604. The van der Waals surface area contributed by atoms with E-state index in [0.717, 1.165) is 28.8 Å². The maximum absolute atomic E-state index is 4.72. The third-order valence-corrected chi connectivity index (χ3v) is 5.94. The SMILES string of the molecule is Cc1cccc(-c2nc(CSC3=NCCS3)cs2)c1. The fourth-order valence-corrected chi connectivity index (χ4v) is 4.65. The minimum Gasteiger partial charge on any atom is -0.271 e. The lowest BCUT2D eigenvalue weighted by atomic mass is 10.1. The molecule has 0 aliphatic carbocycles. The van der Waals surface area contributed by atoms with E-state index in [0.29, 0.717) is 0 Å². The number of hydrogen-bond acceptors (Lipinski definition) is 5. The summed E-state index contributed by atoms with van der Waals surface area (Å²) >= 11 is 5.38. The lowest BCUT2D eigenvalue weighted by molar-refractivity contribution is 1.18. The van der Waals surface area contributed by atoms with Crippen molar-refractivity contribution in [2.75, 3.05) is 12.3 Å². The molecular weight excluding hydrogens is 292 g/mol. The first-order chi connectivity index (χ1) is 9.31. The molecule has 2 heterocycles. The van der Waals surface area contributed by atoms with Crippen LogP contribution in [-0.2, 0) is 5.75 Å². The minimum absolute atomic E-state index is 0.925. The van der Waals surface area contributed by atoms with Crippen LogP contribution in [0.25, 0.3) is 10.6 Å². The van der Waals surface area contributed by atoms with E-state index in [-0.39, 0.29) is 0 Å². The number of thioether (sulfide) groups is 2. The molecule has 98 valence electrons. The van der Waals surface area contributed by atoms with E-state index in [1.807, 2.05) is 11.8 Å². The van der Waals surface area contributed by atoms with Gasteiger partial charge >= 0.3 is 0 Å². The van der Waals surface area contributed by atoms with Gasteiger partial charge in [0.05, 0.1) is 12.2 Å². The molecular formula is C14H14N2S3. The standard InChI is InChI=1S/C14H14N2S3/c1-10-3-2-4-11(7-10)13-16-12(8-18-13)9-19-14-15-5-6-17-14/h2-4,7-8H,5-6,9H2,1H3. The Kier molecular flexibility index (Phi) is 4.25. The highest BCUT2D eigenvalue weighted by molar-refractivity contribution is 8.38. The molecule has 0 saturated heterocycles. The average molecular weight is 306 g/mol. The number of rotatable bonds is 3. The van der Waals surface area contributed by atoms with E-state index in [2.05, 4.69) is 41.6 Å². The van der Waals surface area contributed by atoms with Gasteiger partial charge in [0.1, 0.15) is 9.38 Å². The zero-order valence-corrected chi connectivity index (χ0v) is 13.1. The molecule has 5 heteroatoms. The summed E-state index contributed by atoms with van der Waals surface area (Å²) in [5, 5.41) is 3.27. The lowest BCUT2D eigenvalue weighted by Gasteiger charge is -1.98. The van der Waals surface area contributed by atoms with Crippen LogP contribution in [0.15, 0.2) is 34.6 Å². The van der Waals surface area contributed by atoms with Crippen molar-refractivity contribution in [2.24, 2.45) is 4.99 Å². The van der Waals surface area contributed by atoms with Crippen molar-refractivity contribution >= 4 is 39.2 Å². The molecule has 3 rings (SSSR count). The average Bonchev–Trinajstić information content (AvgIpc) is 3.08. The molecule has 0 spiro atoms. The molecule has 1 aromatic heterocycles. The smallest absolute Gasteiger partial charge is 0.125 e. The van der Waals surface area contributed by atoms with Crippen LogP contribution < -0.4 is 0 Å². The highest BCUT2D eigenvalue weighted by Crippen LogP contribution is 2.29. The molecule has 0 atom stereocenters. The molecule has 0 amide bonds. The first-order valence-electron chi connectivity index (χ1n) is 6.13. The van der Waals surface area contributed by atoms with Gasteiger partial charge in [0, 0.05) is 22.4 Å². The van der Waals surface area contributed by atoms with Crippen LogP contribution >= 0.6 is 34.9 Å². The normalized spacial score (nSPS) is 14.7. The van der Waals surface area contributed by atoms with Crippen LogP contribution in [0.3, 0.4) is 0 Å². The number of thiazole rings is 1. The summed E-state index contributed by atoms with van der Waals surface area (Å²) in [5.74, 6) is 2.06. The maximum atomic E-state index is 4.72. The van der Waals surface area contributed by atoms with Gasteiger partial charge in [0.15, 0.2) is 0 Å². The van der Waals surface area contributed by atoms with E-state index in [1.165, 1.54) is 15.5 Å². The van der Waals surface area contributed by atoms with E-state index in [9.17, 15) is 0 Å². The quantitative estimate of drug-likeness (QED) is 0.837. The van der Waals surface area contributed by atoms with Crippen LogP contribution in [0.2, 0.25) is 0 Å². The molecule has 0 saturated carbocycles. The van der Waals surface area contributed by atoms with Crippen molar-refractivity contribution in [3.63, 3.8) is 0 Å². The Morgan fingerprint density at radius 1 is 1.37 bits per heavy atom. The van der Waals surface area contributed by atoms with Gasteiger partial charge in [-0.15, -0.1) is 11.3 Å². The summed E-state index contributed by atoms with van der Waals surface area (Å²) in [6, 6.07) is 8.51. The molecule has 1 aliphatic heterocycles. The highest BCUT2D eigenvalue weighted by Gasteiger charge is 2.10. The van der Waals surface area contributed by atoms with Crippen molar-refractivity contribution in [2.45, 2.75) is 12.7 Å². The number of hydrogen-bond donors (Lipinski definition) is 0. The molecule has 2 nitrogen and oxygen atoms in total. The van der Waals surface area contributed by atoms with E-state index < -0.39 is 0 Å². The summed E-state index contributed by atoms with van der Waals surface area (Å²) in [4.78, 5) is 9.16. The third kappa shape index (κ3) is 3.41. The van der Waals surface area contributed by atoms with E-state index in [4.69, 9.17) is 4.98 Å². The van der Waals surface area contributed by atoms with Gasteiger partial charge in [-0.2, -0.15) is 0 Å². The first-order valence-corrected chi connectivity index (χ1v) is 8.98. The van der Waals surface area contributed by atoms with Crippen molar-refractivity contribution in [1.29, 1.82) is 0 Å². The molecule has 0 unspecified atom stereocenters. The summed E-state index contributed by atoms with van der Waals surface area (Å²) in [6.45, 7) is 3.09. The van der Waals surface area contributed by atoms with Gasteiger partial charge in [-0.25, -0.2) is 4.98 Å². The summed E-state index contributed by atoms with van der Waals surface area (Å²) in [5.41, 5.74) is 3.65. The molecule has 19 heavy (non-hydrogen) atoms. The van der Waals surface area contributed by atoms with Gasteiger partial charge in [-0.1, -0.05) is 47.3 Å². The van der Waals surface area contributed by atoms with E-state index >= 15 is 0 Å². The molecule has 0 radical (unpaired) electrons. The zero-order valence-electron chi connectivity index (χ0n) is 10.6. The van der Waals surface area contributed by atoms with Gasteiger partial charge < -0.3 is 0 Å². The van der Waals surface area contributed by atoms with Crippen LogP contribution in [0.1, 0.15) is 11.3 Å². The van der Waals surface area contributed by atoms with Gasteiger partial charge in [0.2, 0.25) is 0 Å². The largest absolute Gasteiger partial charge is 0.271 e. The number of aryl methyl sites for hydroxylation is 1. The Hall–Kier alpha value is -0.780. The molecule has 0 fully saturated rings. The molecule has 2 aromatic rings. The van der Waals surface area contributed by atoms with Gasteiger partial charge in [0.25, 0.3) is 0 Å². The third-order valence-electron chi connectivity index (χ3n) is 2.72. The topological polar surface area (TPSA) is 25.2 Å². The number of benzene rings is 1. The molecule has 1 aromatic carbocycles.